The smallest absolute Gasteiger partial charge is 0.0756 e. The molecule has 2 nitrogen and oxygen atoms in total. The van der Waals surface area contributed by atoms with Crippen molar-refractivity contribution >= 4 is 11.1 Å². The molecule has 0 aliphatic rings. The summed E-state index contributed by atoms with van der Waals surface area (Å²) < 4.78 is 1.99. The molecule has 0 unspecified atom stereocenters. The van der Waals surface area contributed by atoms with E-state index >= 15 is 0 Å². The molecule has 1 rings (SSSR count). The van der Waals surface area contributed by atoms with Crippen molar-refractivity contribution < 1.29 is 0 Å². The molecule has 0 bridgehead atoms. The van der Waals surface area contributed by atoms with E-state index in [-0.39, 0.29) is 5.41 Å². The van der Waals surface area contributed by atoms with E-state index in [9.17, 15) is 0 Å². The van der Waals surface area contributed by atoms with Gasteiger partial charge in [0.25, 0.3) is 0 Å². The Morgan fingerprint density at radius 3 is 2.28 bits per heavy atom. The summed E-state index contributed by atoms with van der Waals surface area (Å²) in [5.74, 6) is 0. The van der Waals surface area contributed by atoms with Gasteiger partial charge in [-0.3, -0.25) is 4.68 Å². The number of hydrogen-bond donors (Lipinski definition) is 0. The Labute approximate surface area is 111 Å². The molecular formula is C16H26N2. The van der Waals surface area contributed by atoms with Gasteiger partial charge in [-0.2, -0.15) is 5.10 Å². The highest BCUT2D eigenvalue weighted by Gasteiger charge is 2.21. The molecule has 2 heteroatoms. The number of rotatable bonds is 2. The van der Waals surface area contributed by atoms with Gasteiger partial charge in [0.2, 0.25) is 0 Å². The van der Waals surface area contributed by atoms with Crippen molar-refractivity contribution in [3.63, 3.8) is 0 Å². The van der Waals surface area contributed by atoms with Crippen LogP contribution in [0.2, 0.25) is 0 Å². The quantitative estimate of drug-likeness (QED) is 0.784. The van der Waals surface area contributed by atoms with Crippen LogP contribution < -0.4 is 10.6 Å². The Morgan fingerprint density at radius 2 is 1.89 bits per heavy atom. The van der Waals surface area contributed by atoms with Gasteiger partial charge in [-0.05, 0) is 25.8 Å². The third kappa shape index (κ3) is 2.58. The SMILES string of the molecule is C=C/C(C)=c1\c(=C(/C)CC)c(C(C)(C)C)nn1C. The van der Waals surface area contributed by atoms with Gasteiger partial charge in [0.1, 0.15) is 0 Å². The lowest BCUT2D eigenvalue weighted by Gasteiger charge is -2.15. The van der Waals surface area contributed by atoms with E-state index in [0.717, 1.165) is 6.42 Å². The van der Waals surface area contributed by atoms with Crippen molar-refractivity contribution in [2.75, 3.05) is 0 Å². The monoisotopic (exact) mass is 246 g/mol. The molecule has 18 heavy (non-hydrogen) atoms. The number of nitrogens with zero attached hydrogens (tertiary/aromatic N) is 2. The molecule has 0 atom stereocenters. The maximum atomic E-state index is 4.75. The van der Waals surface area contributed by atoms with E-state index in [0.29, 0.717) is 0 Å². The molecule has 0 N–H and O–H groups in total. The first-order valence-corrected chi connectivity index (χ1v) is 6.60. The summed E-state index contributed by atoms with van der Waals surface area (Å²) in [6, 6.07) is 0. The predicted molar refractivity (Wildman–Crippen MR) is 79.8 cm³/mol. The Morgan fingerprint density at radius 1 is 1.33 bits per heavy atom. The van der Waals surface area contributed by atoms with E-state index in [2.05, 4.69) is 48.1 Å². The first-order chi connectivity index (χ1) is 8.23. The van der Waals surface area contributed by atoms with Crippen LogP contribution in [0.3, 0.4) is 0 Å². The third-order valence-electron chi connectivity index (χ3n) is 3.39. The van der Waals surface area contributed by atoms with Gasteiger partial charge in [-0.25, -0.2) is 0 Å². The van der Waals surface area contributed by atoms with E-state index < -0.39 is 0 Å². The standard InChI is InChI=1S/C16H26N2/c1-9-11(3)13-14(12(4)10-2)18(8)17-15(13)16(5,6)7/h10H,2,9H2,1,3-8H3/b13-11-,14-12+. The van der Waals surface area contributed by atoms with Crippen molar-refractivity contribution in [2.24, 2.45) is 7.05 Å². The second-order valence-electron chi connectivity index (χ2n) is 5.97. The van der Waals surface area contributed by atoms with E-state index in [1.807, 2.05) is 17.8 Å². The molecule has 0 spiro atoms. The minimum Gasteiger partial charge on any atom is -0.267 e. The van der Waals surface area contributed by atoms with Crippen LogP contribution in [0.25, 0.3) is 11.1 Å². The van der Waals surface area contributed by atoms with Gasteiger partial charge >= 0.3 is 0 Å². The zero-order chi connectivity index (χ0) is 14.1. The molecule has 0 aliphatic heterocycles. The van der Waals surface area contributed by atoms with Crippen molar-refractivity contribution in [3.8, 4) is 0 Å². The highest BCUT2D eigenvalue weighted by Crippen LogP contribution is 2.16. The molecule has 0 aliphatic carbocycles. The van der Waals surface area contributed by atoms with Crippen LogP contribution in [0.5, 0.6) is 0 Å². The van der Waals surface area contributed by atoms with Crippen molar-refractivity contribution in [1.29, 1.82) is 0 Å². The Kier molecular flexibility index (Phi) is 4.20. The summed E-state index contributed by atoms with van der Waals surface area (Å²) in [6.45, 7) is 17.0. The summed E-state index contributed by atoms with van der Waals surface area (Å²) in [6.07, 6.45) is 2.96. The fourth-order valence-corrected chi connectivity index (χ4v) is 2.18. The van der Waals surface area contributed by atoms with Gasteiger partial charge in [0.15, 0.2) is 0 Å². The maximum Gasteiger partial charge on any atom is 0.0756 e. The van der Waals surface area contributed by atoms with Crippen molar-refractivity contribution in [2.45, 2.75) is 53.4 Å². The van der Waals surface area contributed by atoms with E-state index in [1.165, 1.54) is 27.4 Å². The molecule has 0 radical (unpaired) electrons. The lowest BCUT2D eigenvalue weighted by Crippen LogP contribution is -2.35. The molecule has 100 valence electrons. The van der Waals surface area contributed by atoms with Crippen LogP contribution in [0.4, 0.5) is 0 Å². The minimum absolute atomic E-state index is 0.0588. The first kappa shape index (κ1) is 14.7. The van der Waals surface area contributed by atoms with Crippen molar-refractivity contribution in [1.82, 2.24) is 9.78 Å². The Hall–Kier alpha value is -1.31. The molecule has 1 aromatic heterocycles. The number of aromatic nitrogens is 2. The molecule has 0 saturated carbocycles. The largest absolute Gasteiger partial charge is 0.267 e. The number of hydrogen-bond acceptors (Lipinski definition) is 1. The topological polar surface area (TPSA) is 17.8 Å². The lowest BCUT2D eigenvalue weighted by atomic mass is 9.89. The van der Waals surface area contributed by atoms with Crippen LogP contribution in [0, 0.1) is 0 Å². The summed E-state index contributed by atoms with van der Waals surface area (Å²) in [5, 5.41) is 7.26. The Bertz CT molecular complexity index is 565. The average Bonchev–Trinajstić information content (AvgIpc) is 2.64. The average molecular weight is 246 g/mol. The third-order valence-corrected chi connectivity index (χ3v) is 3.39. The first-order valence-electron chi connectivity index (χ1n) is 6.60. The normalized spacial score (nSPS) is 15.5. The molecule has 1 aromatic rings. The summed E-state index contributed by atoms with van der Waals surface area (Å²) in [5.41, 5.74) is 3.82. The number of allylic oxidation sites excluding steroid dienone is 1. The van der Waals surface area contributed by atoms with Crippen LogP contribution in [-0.2, 0) is 12.5 Å². The molecular weight excluding hydrogens is 220 g/mol. The molecule has 0 saturated heterocycles. The van der Waals surface area contributed by atoms with Gasteiger partial charge < -0.3 is 0 Å². The summed E-state index contributed by atoms with van der Waals surface area (Å²) >= 11 is 0. The number of aryl methyl sites for hydroxylation is 1. The van der Waals surface area contributed by atoms with Gasteiger partial charge in [-0.15, -0.1) is 0 Å². The summed E-state index contributed by atoms with van der Waals surface area (Å²) in [7, 11) is 2.02. The van der Waals surface area contributed by atoms with Crippen LogP contribution in [0.15, 0.2) is 12.7 Å². The molecule has 0 fully saturated rings. The van der Waals surface area contributed by atoms with Gasteiger partial charge in [0.05, 0.1) is 11.0 Å². The zero-order valence-electron chi connectivity index (χ0n) is 12.9. The fourth-order valence-electron chi connectivity index (χ4n) is 2.18. The van der Waals surface area contributed by atoms with Crippen LogP contribution >= 0.6 is 0 Å². The molecule has 1 heterocycles. The lowest BCUT2D eigenvalue weighted by molar-refractivity contribution is 0.549. The molecule has 0 amide bonds. The summed E-state index contributed by atoms with van der Waals surface area (Å²) in [4.78, 5) is 0. The van der Waals surface area contributed by atoms with E-state index in [4.69, 9.17) is 5.10 Å². The maximum absolute atomic E-state index is 4.75. The second-order valence-corrected chi connectivity index (χ2v) is 5.97. The van der Waals surface area contributed by atoms with Crippen LogP contribution in [0.1, 0.15) is 53.7 Å². The minimum atomic E-state index is 0.0588. The van der Waals surface area contributed by atoms with E-state index in [1.54, 1.807) is 0 Å². The molecule has 0 aromatic carbocycles. The van der Waals surface area contributed by atoms with Crippen molar-refractivity contribution in [3.05, 3.63) is 28.9 Å². The highest BCUT2D eigenvalue weighted by atomic mass is 15.3. The van der Waals surface area contributed by atoms with Gasteiger partial charge in [0, 0.05) is 17.7 Å². The second kappa shape index (κ2) is 5.13. The zero-order valence-corrected chi connectivity index (χ0v) is 12.9. The highest BCUT2D eigenvalue weighted by molar-refractivity contribution is 5.55. The Balaban J connectivity index is 4.01. The fraction of sp³-hybridized carbons (Fsp3) is 0.562. The van der Waals surface area contributed by atoms with Gasteiger partial charge in [-0.1, -0.05) is 45.9 Å². The predicted octanol–water partition coefficient (Wildman–Crippen LogP) is 2.65. The van der Waals surface area contributed by atoms with Crippen LogP contribution in [-0.4, -0.2) is 9.78 Å².